The highest BCUT2D eigenvalue weighted by Crippen LogP contribution is 2.44. The van der Waals surface area contributed by atoms with Crippen LogP contribution in [0.2, 0.25) is 0 Å². The van der Waals surface area contributed by atoms with Crippen molar-refractivity contribution in [2.45, 2.75) is 56.2 Å². The van der Waals surface area contributed by atoms with Crippen molar-refractivity contribution in [2.75, 3.05) is 6.54 Å². The fraction of sp³-hybridized carbons (Fsp3) is 0.625. The molecule has 5 heteroatoms. The second-order valence-corrected chi connectivity index (χ2v) is 7.73. The van der Waals surface area contributed by atoms with Crippen LogP contribution in [0.4, 0.5) is 5.69 Å². The number of benzene rings is 1. The van der Waals surface area contributed by atoms with Crippen molar-refractivity contribution in [3.63, 3.8) is 0 Å². The first-order valence-corrected chi connectivity index (χ1v) is 8.44. The standard InChI is InChI=1S/C16H24N2O2S/c1-4-17-12-9-10-16(2,3)11-15(12)21-14-8-6-5-7-13(14)18(19)20/h5-8,12,15,17H,4,9-11H2,1-3H3. The summed E-state index contributed by atoms with van der Waals surface area (Å²) in [6.07, 6.45) is 3.43. The van der Waals surface area contributed by atoms with Crippen molar-refractivity contribution in [1.82, 2.24) is 5.32 Å². The van der Waals surface area contributed by atoms with E-state index in [1.807, 2.05) is 12.1 Å². The second-order valence-electron chi connectivity index (χ2n) is 6.45. The van der Waals surface area contributed by atoms with Crippen molar-refractivity contribution >= 4 is 17.4 Å². The van der Waals surface area contributed by atoms with Crippen molar-refractivity contribution < 1.29 is 4.92 Å². The summed E-state index contributed by atoms with van der Waals surface area (Å²) in [5.41, 5.74) is 0.536. The Hall–Kier alpha value is -1.07. The molecule has 2 rings (SSSR count). The molecule has 0 aromatic heterocycles. The molecular weight excluding hydrogens is 284 g/mol. The zero-order valence-electron chi connectivity index (χ0n) is 13.0. The molecule has 1 fully saturated rings. The van der Waals surface area contributed by atoms with Crippen LogP contribution < -0.4 is 5.32 Å². The van der Waals surface area contributed by atoms with Crippen LogP contribution in [0.3, 0.4) is 0 Å². The zero-order valence-corrected chi connectivity index (χ0v) is 13.8. The normalized spacial score (nSPS) is 24.7. The molecule has 1 aromatic rings. The van der Waals surface area contributed by atoms with Crippen molar-refractivity contribution in [3.8, 4) is 0 Å². The Morgan fingerprint density at radius 3 is 2.81 bits per heavy atom. The van der Waals surface area contributed by atoms with Gasteiger partial charge in [-0.2, -0.15) is 0 Å². The first-order valence-electron chi connectivity index (χ1n) is 7.56. The van der Waals surface area contributed by atoms with Crippen LogP contribution >= 0.6 is 11.8 Å². The lowest BCUT2D eigenvalue weighted by Gasteiger charge is -2.40. The molecule has 1 N–H and O–H groups in total. The molecule has 2 atom stereocenters. The number of nitro groups is 1. The molecule has 0 radical (unpaired) electrons. The predicted octanol–water partition coefficient (Wildman–Crippen LogP) is 4.24. The molecular formula is C16H24N2O2S. The molecule has 21 heavy (non-hydrogen) atoms. The van der Waals surface area contributed by atoms with Crippen LogP contribution in [0.1, 0.15) is 40.0 Å². The summed E-state index contributed by atoms with van der Waals surface area (Å²) in [6, 6.07) is 7.51. The van der Waals surface area contributed by atoms with Gasteiger partial charge in [0.25, 0.3) is 5.69 Å². The van der Waals surface area contributed by atoms with E-state index < -0.39 is 0 Å². The molecule has 0 heterocycles. The van der Waals surface area contributed by atoms with E-state index in [0.29, 0.717) is 16.7 Å². The molecule has 0 spiro atoms. The Morgan fingerprint density at radius 2 is 2.14 bits per heavy atom. The minimum atomic E-state index is -0.279. The van der Waals surface area contributed by atoms with Gasteiger partial charge in [-0.05, 0) is 37.3 Å². The molecule has 1 aliphatic carbocycles. The van der Waals surface area contributed by atoms with Gasteiger partial charge in [0.05, 0.1) is 9.82 Å². The molecule has 1 aromatic carbocycles. The van der Waals surface area contributed by atoms with Crippen molar-refractivity contribution in [3.05, 3.63) is 34.4 Å². The number of rotatable bonds is 5. The molecule has 0 amide bonds. The van der Waals surface area contributed by atoms with E-state index in [-0.39, 0.29) is 10.6 Å². The molecule has 116 valence electrons. The van der Waals surface area contributed by atoms with Gasteiger partial charge in [0.1, 0.15) is 0 Å². The highest BCUT2D eigenvalue weighted by molar-refractivity contribution is 8.00. The van der Waals surface area contributed by atoms with Gasteiger partial charge in [-0.15, -0.1) is 11.8 Å². The Balaban J connectivity index is 2.20. The summed E-state index contributed by atoms with van der Waals surface area (Å²) < 4.78 is 0. The third kappa shape index (κ3) is 4.20. The average Bonchev–Trinajstić information content (AvgIpc) is 2.42. The largest absolute Gasteiger partial charge is 0.313 e. The lowest BCUT2D eigenvalue weighted by Crippen LogP contribution is -2.44. The average molecular weight is 308 g/mol. The molecule has 2 unspecified atom stereocenters. The van der Waals surface area contributed by atoms with Gasteiger partial charge in [0.15, 0.2) is 0 Å². The molecule has 4 nitrogen and oxygen atoms in total. The molecule has 1 saturated carbocycles. The molecule has 0 bridgehead atoms. The van der Waals surface area contributed by atoms with E-state index in [2.05, 4.69) is 26.1 Å². The van der Waals surface area contributed by atoms with Crippen LogP contribution in [-0.2, 0) is 0 Å². The highest BCUT2D eigenvalue weighted by Gasteiger charge is 2.35. The number of hydrogen-bond acceptors (Lipinski definition) is 4. The molecule has 0 aliphatic heterocycles. The number of para-hydroxylation sites is 1. The number of nitrogens with zero attached hydrogens (tertiary/aromatic N) is 1. The van der Waals surface area contributed by atoms with E-state index in [0.717, 1.165) is 24.3 Å². The number of nitrogens with one attached hydrogen (secondary N) is 1. The van der Waals surface area contributed by atoms with Gasteiger partial charge in [-0.3, -0.25) is 10.1 Å². The summed E-state index contributed by atoms with van der Waals surface area (Å²) in [5, 5.41) is 15.1. The predicted molar refractivity (Wildman–Crippen MR) is 87.8 cm³/mol. The van der Waals surface area contributed by atoms with E-state index in [1.54, 1.807) is 23.9 Å². The Labute approximate surface area is 130 Å². The third-order valence-corrected chi connectivity index (χ3v) is 5.54. The van der Waals surface area contributed by atoms with Gasteiger partial charge in [0.2, 0.25) is 0 Å². The smallest absolute Gasteiger partial charge is 0.282 e. The van der Waals surface area contributed by atoms with Crippen LogP contribution in [0.5, 0.6) is 0 Å². The maximum absolute atomic E-state index is 11.2. The van der Waals surface area contributed by atoms with E-state index >= 15 is 0 Å². The maximum atomic E-state index is 11.2. The van der Waals surface area contributed by atoms with Crippen molar-refractivity contribution in [1.29, 1.82) is 0 Å². The number of thioether (sulfide) groups is 1. The summed E-state index contributed by atoms with van der Waals surface area (Å²) in [7, 11) is 0. The first-order chi connectivity index (χ1) is 9.93. The number of nitro benzene ring substituents is 1. The van der Waals surface area contributed by atoms with Gasteiger partial charge < -0.3 is 5.32 Å². The fourth-order valence-electron chi connectivity index (χ4n) is 3.01. The van der Waals surface area contributed by atoms with Gasteiger partial charge >= 0.3 is 0 Å². The first kappa shape index (κ1) is 16.3. The van der Waals surface area contributed by atoms with Crippen LogP contribution in [0.15, 0.2) is 29.2 Å². The molecule has 0 saturated heterocycles. The monoisotopic (exact) mass is 308 g/mol. The fourth-order valence-corrected chi connectivity index (χ4v) is 4.69. The lowest BCUT2D eigenvalue weighted by molar-refractivity contribution is -0.387. The summed E-state index contributed by atoms with van der Waals surface area (Å²) in [5.74, 6) is 0. The topological polar surface area (TPSA) is 55.2 Å². The zero-order chi connectivity index (χ0) is 15.5. The van der Waals surface area contributed by atoms with Gasteiger partial charge in [0, 0.05) is 17.4 Å². The minimum Gasteiger partial charge on any atom is -0.313 e. The van der Waals surface area contributed by atoms with E-state index in [4.69, 9.17) is 0 Å². The summed E-state index contributed by atoms with van der Waals surface area (Å²) in [6.45, 7) is 7.65. The number of hydrogen-bond donors (Lipinski definition) is 1. The van der Waals surface area contributed by atoms with E-state index in [9.17, 15) is 10.1 Å². The highest BCUT2D eigenvalue weighted by atomic mass is 32.2. The van der Waals surface area contributed by atoms with Gasteiger partial charge in [-0.1, -0.05) is 32.9 Å². The summed E-state index contributed by atoms with van der Waals surface area (Å²) in [4.78, 5) is 11.7. The quantitative estimate of drug-likeness (QED) is 0.653. The Morgan fingerprint density at radius 1 is 1.43 bits per heavy atom. The third-order valence-electron chi connectivity index (χ3n) is 4.14. The minimum absolute atomic E-state index is 0.223. The Bertz CT molecular complexity index is 505. The maximum Gasteiger partial charge on any atom is 0.282 e. The SMILES string of the molecule is CCNC1CCC(C)(C)CC1Sc1ccccc1[N+](=O)[O-]. The lowest BCUT2D eigenvalue weighted by atomic mass is 9.75. The second kappa shape index (κ2) is 6.79. The summed E-state index contributed by atoms with van der Waals surface area (Å²) >= 11 is 1.67. The van der Waals surface area contributed by atoms with Crippen LogP contribution in [0, 0.1) is 15.5 Å². The van der Waals surface area contributed by atoms with Crippen molar-refractivity contribution in [2.24, 2.45) is 5.41 Å². The van der Waals surface area contributed by atoms with Gasteiger partial charge in [-0.25, -0.2) is 0 Å². The van der Waals surface area contributed by atoms with Crippen LogP contribution in [0.25, 0.3) is 0 Å². The Kier molecular flexibility index (Phi) is 5.27. The molecule has 1 aliphatic rings. The van der Waals surface area contributed by atoms with E-state index in [1.165, 1.54) is 6.42 Å². The van der Waals surface area contributed by atoms with Crippen LogP contribution in [-0.4, -0.2) is 22.8 Å².